The minimum absolute atomic E-state index is 0.208. The number of aromatic nitrogens is 5. The highest BCUT2D eigenvalue weighted by molar-refractivity contribution is 5.66. The Balaban J connectivity index is 1.79. The van der Waals surface area contributed by atoms with Crippen molar-refractivity contribution in [3.05, 3.63) is 84.9 Å². The number of benzene rings is 3. The number of aromatic hydroxyl groups is 1. The topological polar surface area (TPSA) is 68.2 Å². The third-order valence-corrected chi connectivity index (χ3v) is 4.40. The van der Waals surface area contributed by atoms with Gasteiger partial charge in [0, 0.05) is 11.1 Å². The molecule has 130 valence electrons. The maximum atomic E-state index is 9.55. The lowest BCUT2D eigenvalue weighted by molar-refractivity contribution is 0.475. The number of rotatable bonds is 3. The van der Waals surface area contributed by atoms with Gasteiger partial charge in [-0.25, -0.2) is 0 Å². The van der Waals surface area contributed by atoms with Crippen molar-refractivity contribution in [1.29, 1.82) is 0 Å². The predicted molar refractivity (Wildman–Crippen MR) is 103 cm³/mol. The summed E-state index contributed by atoms with van der Waals surface area (Å²) in [5.74, 6) is 2.24. The van der Waals surface area contributed by atoms with Gasteiger partial charge in [0.1, 0.15) is 5.75 Å². The molecule has 6 nitrogen and oxygen atoms in total. The van der Waals surface area contributed by atoms with Gasteiger partial charge < -0.3 is 5.11 Å². The molecule has 0 atom stereocenters. The third kappa shape index (κ3) is 2.55. The standard InChI is InChI=1S/C21H15N5O/c27-18-13-11-16(12-14-18)19-22-23-21-25(17-9-5-2-6-10-17)20(24-26(19)21)15-7-3-1-4-8-15/h1-14,27H. The first-order chi connectivity index (χ1) is 13.3. The van der Waals surface area contributed by atoms with Crippen molar-refractivity contribution in [2.75, 3.05) is 0 Å². The van der Waals surface area contributed by atoms with Crippen molar-refractivity contribution in [1.82, 2.24) is 24.4 Å². The van der Waals surface area contributed by atoms with Crippen LogP contribution in [0.4, 0.5) is 0 Å². The molecule has 3 aromatic carbocycles. The highest BCUT2D eigenvalue weighted by atomic mass is 16.3. The van der Waals surface area contributed by atoms with E-state index in [-0.39, 0.29) is 5.75 Å². The first kappa shape index (κ1) is 15.3. The Labute approximate surface area is 155 Å². The summed E-state index contributed by atoms with van der Waals surface area (Å²) in [6.07, 6.45) is 0. The zero-order valence-corrected chi connectivity index (χ0v) is 14.3. The fourth-order valence-electron chi connectivity index (χ4n) is 3.12. The molecule has 27 heavy (non-hydrogen) atoms. The first-order valence-electron chi connectivity index (χ1n) is 8.56. The van der Waals surface area contributed by atoms with Crippen molar-refractivity contribution in [2.45, 2.75) is 0 Å². The molecule has 0 saturated carbocycles. The summed E-state index contributed by atoms with van der Waals surface area (Å²) in [5, 5.41) is 23.1. The fraction of sp³-hybridized carbons (Fsp3) is 0. The van der Waals surface area contributed by atoms with Crippen molar-refractivity contribution < 1.29 is 5.11 Å². The number of hydrogen-bond donors (Lipinski definition) is 1. The summed E-state index contributed by atoms with van der Waals surface area (Å²) >= 11 is 0. The van der Waals surface area contributed by atoms with E-state index in [0.29, 0.717) is 11.6 Å². The molecule has 0 radical (unpaired) electrons. The molecule has 0 saturated heterocycles. The Kier molecular flexibility index (Phi) is 3.47. The summed E-state index contributed by atoms with van der Waals surface area (Å²) in [4.78, 5) is 0. The van der Waals surface area contributed by atoms with Crippen LogP contribution in [0.2, 0.25) is 0 Å². The van der Waals surface area contributed by atoms with Gasteiger partial charge >= 0.3 is 0 Å². The smallest absolute Gasteiger partial charge is 0.259 e. The number of phenolic OH excluding ortho intramolecular Hbond substituents is 1. The van der Waals surface area contributed by atoms with Crippen LogP contribution in [0.1, 0.15) is 0 Å². The normalized spacial score (nSPS) is 11.1. The zero-order chi connectivity index (χ0) is 18.2. The van der Waals surface area contributed by atoms with Gasteiger partial charge in [-0.2, -0.15) is 4.52 Å². The molecule has 0 spiro atoms. The molecule has 1 N–H and O–H groups in total. The van der Waals surface area contributed by atoms with Gasteiger partial charge in [0.25, 0.3) is 5.78 Å². The summed E-state index contributed by atoms with van der Waals surface area (Å²) in [7, 11) is 0. The van der Waals surface area contributed by atoms with Gasteiger partial charge in [0.15, 0.2) is 11.6 Å². The monoisotopic (exact) mass is 353 g/mol. The molecule has 0 bridgehead atoms. The summed E-state index contributed by atoms with van der Waals surface area (Å²) < 4.78 is 3.73. The van der Waals surface area contributed by atoms with Gasteiger partial charge in [0.2, 0.25) is 0 Å². The lowest BCUT2D eigenvalue weighted by atomic mass is 10.2. The van der Waals surface area contributed by atoms with Crippen LogP contribution in [0.5, 0.6) is 5.75 Å². The molecule has 6 heteroatoms. The van der Waals surface area contributed by atoms with E-state index in [1.807, 2.05) is 65.2 Å². The lowest BCUT2D eigenvalue weighted by Gasteiger charge is -2.06. The number of phenols is 1. The van der Waals surface area contributed by atoms with E-state index in [9.17, 15) is 5.11 Å². The summed E-state index contributed by atoms with van der Waals surface area (Å²) in [5.41, 5.74) is 2.78. The fourth-order valence-corrected chi connectivity index (χ4v) is 3.12. The average molecular weight is 353 g/mol. The minimum atomic E-state index is 0.208. The number of para-hydroxylation sites is 1. The van der Waals surface area contributed by atoms with Crippen LogP contribution in [0, 0.1) is 0 Å². The van der Waals surface area contributed by atoms with E-state index < -0.39 is 0 Å². The molecule has 0 amide bonds. The maximum Gasteiger partial charge on any atom is 0.259 e. The van der Waals surface area contributed by atoms with Crippen LogP contribution >= 0.6 is 0 Å². The molecular formula is C21H15N5O. The van der Waals surface area contributed by atoms with Crippen molar-refractivity contribution in [2.24, 2.45) is 0 Å². The molecule has 0 fully saturated rings. The summed E-state index contributed by atoms with van der Waals surface area (Å²) in [6, 6.07) is 26.8. The summed E-state index contributed by atoms with van der Waals surface area (Å²) in [6.45, 7) is 0. The molecular weight excluding hydrogens is 338 g/mol. The molecule has 5 aromatic rings. The van der Waals surface area contributed by atoms with Gasteiger partial charge in [-0.05, 0) is 36.4 Å². The van der Waals surface area contributed by atoms with Gasteiger partial charge in [-0.15, -0.1) is 15.3 Å². The Bertz CT molecular complexity index is 1210. The highest BCUT2D eigenvalue weighted by Gasteiger charge is 2.20. The Morgan fingerprint density at radius 2 is 1.26 bits per heavy atom. The Morgan fingerprint density at radius 1 is 0.630 bits per heavy atom. The van der Waals surface area contributed by atoms with Crippen molar-refractivity contribution in [3.8, 4) is 34.2 Å². The number of nitrogens with zero attached hydrogens (tertiary/aromatic N) is 5. The lowest BCUT2D eigenvalue weighted by Crippen LogP contribution is -1.98. The van der Waals surface area contributed by atoms with E-state index in [4.69, 9.17) is 5.10 Å². The van der Waals surface area contributed by atoms with Crippen LogP contribution in [0.25, 0.3) is 34.2 Å². The molecule has 2 heterocycles. The molecule has 2 aromatic heterocycles. The van der Waals surface area contributed by atoms with Gasteiger partial charge in [-0.1, -0.05) is 48.5 Å². The SMILES string of the molecule is Oc1ccc(-c2nnc3n(-c4ccccc4)c(-c4ccccc4)nn23)cc1. The van der Waals surface area contributed by atoms with Crippen LogP contribution in [-0.2, 0) is 0 Å². The van der Waals surface area contributed by atoms with Crippen LogP contribution < -0.4 is 0 Å². The average Bonchev–Trinajstić information content (AvgIpc) is 3.29. The van der Waals surface area contributed by atoms with E-state index in [0.717, 1.165) is 22.6 Å². The second-order valence-corrected chi connectivity index (χ2v) is 6.14. The Morgan fingerprint density at radius 3 is 1.96 bits per heavy atom. The van der Waals surface area contributed by atoms with Gasteiger partial charge in [-0.3, -0.25) is 4.57 Å². The molecule has 0 aliphatic heterocycles. The van der Waals surface area contributed by atoms with Gasteiger partial charge in [0.05, 0.1) is 5.69 Å². The maximum absolute atomic E-state index is 9.55. The van der Waals surface area contributed by atoms with E-state index in [1.165, 1.54) is 0 Å². The number of hydrogen-bond acceptors (Lipinski definition) is 4. The molecule has 0 unspecified atom stereocenters. The van der Waals surface area contributed by atoms with Crippen molar-refractivity contribution in [3.63, 3.8) is 0 Å². The highest BCUT2D eigenvalue weighted by Crippen LogP contribution is 2.27. The largest absolute Gasteiger partial charge is 0.508 e. The molecule has 0 aliphatic rings. The van der Waals surface area contributed by atoms with E-state index in [2.05, 4.69) is 10.2 Å². The quantitative estimate of drug-likeness (QED) is 0.533. The zero-order valence-electron chi connectivity index (χ0n) is 14.3. The van der Waals surface area contributed by atoms with E-state index >= 15 is 0 Å². The predicted octanol–water partition coefficient (Wildman–Crippen LogP) is 3.95. The second-order valence-electron chi connectivity index (χ2n) is 6.14. The van der Waals surface area contributed by atoms with Crippen LogP contribution in [0.15, 0.2) is 84.9 Å². The molecule has 5 rings (SSSR count). The minimum Gasteiger partial charge on any atom is -0.508 e. The van der Waals surface area contributed by atoms with Crippen LogP contribution in [0.3, 0.4) is 0 Å². The second kappa shape index (κ2) is 6.10. The Hall–Kier alpha value is -3.93. The first-order valence-corrected chi connectivity index (χ1v) is 8.56. The van der Waals surface area contributed by atoms with E-state index in [1.54, 1.807) is 28.8 Å². The number of fused-ring (bicyclic) bond motifs is 1. The van der Waals surface area contributed by atoms with Crippen molar-refractivity contribution >= 4 is 5.78 Å². The van der Waals surface area contributed by atoms with Crippen LogP contribution in [-0.4, -0.2) is 29.5 Å². The molecule has 0 aliphatic carbocycles. The third-order valence-electron chi connectivity index (χ3n) is 4.40.